The van der Waals surface area contributed by atoms with E-state index >= 15 is 0 Å². The summed E-state index contributed by atoms with van der Waals surface area (Å²) in [4.78, 5) is 37.9. The average Bonchev–Trinajstić information content (AvgIpc) is 2.88. The summed E-state index contributed by atoms with van der Waals surface area (Å²) in [5.74, 6) is -2.19. The molecule has 1 aliphatic rings. The van der Waals surface area contributed by atoms with Crippen molar-refractivity contribution in [3.05, 3.63) is 65.0 Å². The van der Waals surface area contributed by atoms with Gasteiger partial charge in [0.1, 0.15) is 17.9 Å². The van der Waals surface area contributed by atoms with Crippen LogP contribution in [-0.2, 0) is 21.3 Å². The maximum absolute atomic E-state index is 13.6. The first-order chi connectivity index (χ1) is 13.9. The Morgan fingerprint density at radius 1 is 1.17 bits per heavy atom. The van der Waals surface area contributed by atoms with Crippen molar-refractivity contribution in [3.8, 4) is 0 Å². The number of imide groups is 1. The van der Waals surface area contributed by atoms with Crippen LogP contribution in [0, 0.1) is 12.7 Å². The predicted molar refractivity (Wildman–Crippen MR) is 98.8 cm³/mol. The highest BCUT2D eigenvalue weighted by molar-refractivity contribution is 6.10. The van der Waals surface area contributed by atoms with Crippen molar-refractivity contribution in [2.75, 3.05) is 11.9 Å². The van der Waals surface area contributed by atoms with E-state index in [1.165, 1.54) is 25.1 Å². The second kappa shape index (κ2) is 7.43. The van der Waals surface area contributed by atoms with Crippen LogP contribution in [0.5, 0.6) is 0 Å². The van der Waals surface area contributed by atoms with Crippen molar-refractivity contribution in [1.29, 1.82) is 0 Å². The Kier molecular flexibility index (Phi) is 5.27. The van der Waals surface area contributed by atoms with Gasteiger partial charge in [-0.05, 0) is 49.2 Å². The molecule has 1 fully saturated rings. The number of urea groups is 1. The van der Waals surface area contributed by atoms with Gasteiger partial charge in [-0.15, -0.1) is 0 Å². The fourth-order valence-electron chi connectivity index (χ4n) is 3.06. The summed E-state index contributed by atoms with van der Waals surface area (Å²) in [6, 6.07) is 7.10. The van der Waals surface area contributed by atoms with Crippen molar-refractivity contribution >= 4 is 23.5 Å². The van der Waals surface area contributed by atoms with Crippen LogP contribution in [0.4, 0.5) is 28.0 Å². The van der Waals surface area contributed by atoms with E-state index in [2.05, 4.69) is 10.6 Å². The van der Waals surface area contributed by atoms with Crippen molar-refractivity contribution in [2.45, 2.75) is 25.6 Å². The summed E-state index contributed by atoms with van der Waals surface area (Å²) in [7, 11) is 0. The molecule has 2 aromatic rings. The number of rotatable bonds is 4. The highest BCUT2D eigenvalue weighted by Crippen LogP contribution is 2.34. The van der Waals surface area contributed by atoms with Gasteiger partial charge >= 0.3 is 12.2 Å². The smallest absolute Gasteiger partial charge is 0.324 e. The minimum absolute atomic E-state index is 0.0702. The number of anilines is 1. The monoisotopic (exact) mass is 423 g/mol. The molecule has 1 atom stereocenters. The highest BCUT2D eigenvalue weighted by Gasteiger charge is 2.50. The molecule has 2 aromatic carbocycles. The summed E-state index contributed by atoms with van der Waals surface area (Å²) in [6.07, 6.45) is -4.62. The summed E-state index contributed by atoms with van der Waals surface area (Å²) >= 11 is 0. The maximum Gasteiger partial charge on any atom is 0.416 e. The van der Waals surface area contributed by atoms with E-state index in [1.807, 2.05) is 0 Å². The van der Waals surface area contributed by atoms with Crippen LogP contribution in [0.15, 0.2) is 42.5 Å². The minimum Gasteiger partial charge on any atom is -0.324 e. The van der Waals surface area contributed by atoms with E-state index in [0.29, 0.717) is 10.5 Å². The molecule has 2 N–H and O–H groups in total. The molecule has 4 amide bonds. The van der Waals surface area contributed by atoms with Gasteiger partial charge in [-0.3, -0.25) is 14.5 Å². The van der Waals surface area contributed by atoms with Crippen LogP contribution in [0.1, 0.15) is 23.6 Å². The molecule has 1 aliphatic heterocycles. The fourth-order valence-corrected chi connectivity index (χ4v) is 3.06. The van der Waals surface area contributed by atoms with Gasteiger partial charge in [-0.2, -0.15) is 13.2 Å². The molecule has 158 valence electrons. The third-order valence-electron chi connectivity index (χ3n) is 4.80. The first kappa shape index (κ1) is 21.3. The molecule has 1 saturated heterocycles. The van der Waals surface area contributed by atoms with E-state index in [-0.39, 0.29) is 11.3 Å². The van der Waals surface area contributed by atoms with Crippen LogP contribution in [0.2, 0.25) is 0 Å². The highest BCUT2D eigenvalue weighted by atomic mass is 19.4. The third-order valence-corrected chi connectivity index (χ3v) is 4.80. The van der Waals surface area contributed by atoms with Gasteiger partial charge in [0.25, 0.3) is 5.91 Å². The number of carbonyl (C=O) groups is 3. The number of hydrogen-bond acceptors (Lipinski definition) is 3. The molecule has 0 saturated carbocycles. The average molecular weight is 423 g/mol. The standard InChI is InChI=1S/C20H17F4N3O3/c1-11-6-7-14(9-15(11)21)25-16(28)10-27-17(29)19(2,26-18(27)30)12-4-3-5-13(8-12)20(22,23)24/h3-9H,10H2,1-2H3,(H,25,28)(H,26,30)/t19-/m1/s1. The zero-order valence-corrected chi connectivity index (χ0v) is 15.9. The number of amides is 4. The topological polar surface area (TPSA) is 78.5 Å². The number of alkyl halides is 3. The van der Waals surface area contributed by atoms with Gasteiger partial charge in [0.05, 0.1) is 5.56 Å². The van der Waals surface area contributed by atoms with Crippen molar-refractivity contribution in [3.63, 3.8) is 0 Å². The lowest BCUT2D eigenvalue weighted by atomic mass is 9.90. The number of nitrogens with one attached hydrogen (secondary N) is 2. The second-order valence-electron chi connectivity index (χ2n) is 7.04. The molecule has 0 aromatic heterocycles. The quantitative estimate of drug-likeness (QED) is 0.583. The van der Waals surface area contributed by atoms with Crippen LogP contribution >= 0.6 is 0 Å². The van der Waals surface area contributed by atoms with Gasteiger partial charge in [-0.1, -0.05) is 18.2 Å². The first-order valence-electron chi connectivity index (χ1n) is 8.79. The normalized spacial score (nSPS) is 19.1. The molecule has 0 spiro atoms. The van der Waals surface area contributed by atoms with Crippen molar-refractivity contribution in [2.24, 2.45) is 0 Å². The summed E-state index contributed by atoms with van der Waals surface area (Å²) in [5.41, 5.74) is -2.30. The van der Waals surface area contributed by atoms with Crippen LogP contribution in [-0.4, -0.2) is 29.3 Å². The molecule has 10 heteroatoms. The molecule has 30 heavy (non-hydrogen) atoms. The number of nitrogens with zero attached hydrogens (tertiary/aromatic N) is 1. The van der Waals surface area contributed by atoms with Gasteiger partial charge in [0.15, 0.2) is 0 Å². The van der Waals surface area contributed by atoms with E-state index in [9.17, 15) is 31.9 Å². The van der Waals surface area contributed by atoms with E-state index < -0.39 is 47.5 Å². The lowest BCUT2D eigenvalue weighted by molar-refractivity contribution is -0.138. The Balaban J connectivity index is 1.78. The largest absolute Gasteiger partial charge is 0.416 e. The van der Waals surface area contributed by atoms with Crippen molar-refractivity contribution in [1.82, 2.24) is 10.2 Å². The number of aryl methyl sites for hydroxylation is 1. The lowest BCUT2D eigenvalue weighted by Crippen LogP contribution is -2.42. The van der Waals surface area contributed by atoms with Crippen LogP contribution in [0.3, 0.4) is 0 Å². The fraction of sp³-hybridized carbons (Fsp3) is 0.250. The number of hydrogen-bond donors (Lipinski definition) is 2. The van der Waals surface area contributed by atoms with Gasteiger partial charge in [-0.25, -0.2) is 9.18 Å². The SMILES string of the molecule is Cc1ccc(NC(=O)CN2C(=O)N[C@](C)(c3cccc(C(F)(F)F)c3)C2=O)cc1F. The van der Waals surface area contributed by atoms with Gasteiger partial charge in [0, 0.05) is 5.69 Å². The Bertz CT molecular complexity index is 1040. The summed E-state index contributed by atoms with van der Waals surface area (Å²) in [5, 5.41) is 4.71. The molecule has 3 rings (SSSR count). The molecule has 0 aliphatic carbocycles. The molecule has 6 nitrogen and oxygen atoms in total. The third kappa shape index (κ3) is 3.98. The second-order valence-corrected chi connectivity index (χ2v) is 7.04. The zero-order chi connectivity index (χ0) is 22.3. The summed E-state index contributed by atoms with van der Waals surface area (Å²) < 4.78 is 52.6. The lowest BCUT2D eigenvalue weighted by Gasteiger charge is -2.23. The van der Waals surface area contributed by atoms with Crippen LogP contribution < -0.4 is 10.6 Å². The molecular weight excluding hydrogens is 406 g/mol. The molecule has 0 bridgehead atoms. The molecule has 0 unspecified atom stereocenters. The van der Waals surface area contributed by atoms with E-state index in [0.717, 1.165) is 24.3 Å². The Morgan fingerprint density at radius 3 is 2.50 bits per heavy atom. The zero-order valence-electron chi connectivity index (χ0n) is 15.9. The number of halogens is 4. The maximum atomic E-state index is 13.6. The number of benzene rings is 2. The summed E-state index contributed by atoms with van der Waals surface area (Å²) in [6.45, 7) is 2.12. The Labute approximate surface area is 168 Å². The van der Waals surface area contributed by atoms with Crippen LogP contribution in [0.25, 0.3) is 0 Å². The number of carbonyl (C=O) groups excluding carboxylic acids is 3. The first-order valence-corrected chi connectivity index (χ1v) is 8.79. The van der Waals surface area contributed by atoms with Gasteiger partial charge < -0.3 is 10.6 Å². The Morgan fingerprint density at radius 2 is 1.87 bits per heavy atom. The predicted octanol–water partition coefficient (Wildman–Crippen LogP) is 3.56. The molecular formula is C20H17F4N3O3. The molecule has 0 radical (unpaired) electrons. The van der Waals surface area contributed by atoms with E-state index in [4.69, 9.17) is 0 Å². The van der Waals surface area contributed by atoms with E-state index in [1.54, 1.807) is 6.92 Å². The molecule has 1 heterocycles. The Hall–Kier alpha value is -3.43. The van der Waals surface area contributed by atoms with Crippen molar-refractivity contribution < 1.29 is 31.9 Å². The van der Waals surface area contributed by atoms with Gasteiger partial charge in [0.2, 0.25) is 5.91 Å². The minimum atomic E-state index is -4.62.